The van der Waals surface area contributed by atoms with Crippen LogP contribution >= 0.6 is 0 Å². The van der Waals surface area contributed by atoms with Crippen LogP contribution < -0.4 is 5.56 Å². The van der Waals surface area contributed by atoms with Gasteiger partial charge in [-0.1, -0.05) is 32.9 Å². The van der Waals surface area contributed by atoms with Gasteiger partial charge in [-0.2, -0.15) is 0 Å². The Hall–Kier alpha value is -2.47. The molecule has 0 unspecified atom stereocenters. The molecule has 3 heterocycles. The SMILES string of the molecule is CCn1c(CN2CCc3nc(C(C)(C)C)[nH]c(=O)c3C2)nc2ccccc21. The molecule has 1 aromatic carbocycles. The van der Waals surface area contributed by atoms with Crippen molar-refractivity contribution in [1.82, 2.24) is 24.4 Å². The van der Waals surface area contributed by atoms with Crippen molar-refractivity contribution in [2.45, 2.75) is 59.2 Å². The van der Waals surface area contributed by atoms with Crippen molar-refractivity contribution in [2.75, 3.05) is 6.54 Å². The maximum Gasteiger partial charge on any atom is 0.255 e. The van der Waals surface area contributed by atoms with Gasteiger partial charge in [0.25, 0.3) is 5.56 Å². The van der Waals surface area contributed by atoms with Gasteiger partial charge in [0, 0.05) is 31.5 Å². The number of fused-ring (bicyclic) bond motifs is 2. The van der Waals surface area contributed by atoms with Gasteiger partial charge in [0.1, 0.15) is 11.6 Å². The van der Waals surface area contributed by atoms with Crippen molar-refractivity contribution < 1.29 is 0 Å². The third-order valence-electron chi connectivity index (χ3n) is 5.27. The third-order valence-corrected chi connectivity index (χ3v) is 5.27. The number of para-hydroxylation sites is 2. The summed E-state index contributed by atoms with van der Waals surface area (Å²) in [4.78, 5) is 27.5. The molecule has 0 saturated carbocycles. The van der Waals surface area contributed by atoms with Gasteiger partial charge in [0.15, 0.2) is 0 Å². The molecular formula is C21H27N5O. The number of imidazole rings is 1. The lowest BCUT2D eigenvalue weighted by atomic mass is 9.95. The first-order chi connectivity index (χ1) is 12.9. The fourth-order valence-electron chi connectivity index (χ4n) is 3.77. The molecule has 1 N–H and O–H groups in total. The molecule has 0 bridgehead atoms. The first-order valence-electron chi connectivity index (χ1n) is 9.66. The van der Waals surface area contributed by atoms with Gasteiger partial charge < -0.3 is 9.55 Å². The highest BCUT2D eigenvalue weighted by Gasteiger charge is 2.25. The molecule has 1 aliphatic rings. The normalized spacial score (nSPS) is 15.3. The number of hydrogen-bond donors (Lipinski definition) is 1. The molecule has 0 spiro atoms. The molecular weight excluding hydrogens is 338 g/mol. The topological polar surface area (TPSA) is 66.8 Å². The average Bonchev–Trinajstić information content (AvgIpc) is 2.98. The summed E-state index contributed by atoms with van der Waals surface area (Å²) >= 11 is 0. The fraction of sp³-hybridized carbons (Fsp3) is 0.476. The van der Waals surface area contributed by atoms with E-state index in [1.54, 1.807) is 0 Å². The van der Waals surface area contributed by atoms with Crippen molar-refractivity contribution >= 4 is 11.0 Å². The third kappa shape index (κ3) is 3.30. The van der Waals surface area contributed by atoms with Crippen LogP contribution in [0.5, 0.6) is 0 Å². The molecule has 0 radical (unpaired) electrons. The van der Waals surface area contributed by atoms with E-state index in [-0.39, 0.29) is 11.0 Å². The minimum Gasteiger partial charge on any atom is -0.327 e. The number of aryl methyl sites for hydroxylation is 1. The fourth-order valence-corrected chi connectivity index (χ4v) is 3.77. The van der Waals surface area contributed by atoms with Crippen molar-refractivity contribution in [3.8, 4) is 0 Å². The lowest BCUT2D eigenvalue weighted by Crippen LogP contribution is -2.37. The van der Waals surface area contributed by atoms with Crippen molar-refractivity contribution in [3.63, 3.8) is 0 Å². The molecule has 142 valence electrons. The summed E-state index contributed by atoms with van der Waals surface area (Å²) in [6, 6.07) is 8.24. The Morgan fingerprint density at radius 1 is 1.19 bits per heavy atom. The van der Waals surface area contributed by atoms with Gasteiger partial charge in [-0.3, -0.25) is 9.69 Å². The van der Waals surface area contributed by atoms with Crippen LogP contribution in [0.3, 0.4) is 0 Å². The van der Waals surface area contributed by atoms with E-state index in [9.17, 15) is 4.79 Å². The second kappa shape index (κ2) is 6.60. The van der Waals surface area contributed by atoms with Gasteiger partial charge in [-0.25, -0.2) is 9.97 Å². The highest BCUT2D eigenvalue weighted by atomic mass is 16.1. The van der Waals surface area contributed by atoms with Crippen LogP contribution in [0, 0.1) is 0 Å². The summed E-state index contributed by atoms with van der Waals surface area (Å²) in [6.45, 7) is 11.5. The maximum atomic E-state index is 12.7. The number of aromatic amines is 1. The molecule has 3 aromatic rings. The van der Waals surface area contributed by atoms with Crippen LogP contribution in [0.4, 0.5) is 0 Å². The van der Waals surface area contributed by atoms with Crippen molar-refractivity contribution in [1.29, 1.82) is 0 Å². The van der Waals surface area contributed by atoms with Gasteiger partial charge in [0.2, 0.25) is 0 Å². The predicted molar refractivity (Wildman–Crippen MR) is 107 cm³/mol. The summed E-state index contributed by atoms with van der Waals surface area (Å²) in [6.07, 6.45) is 0.800. The lowest BCUT2D eigenvalue weighted by molar-refractivity contribution is 0.232. The number of H-pyrrole nitrogens is 1. The quantitative estimate of drug-likeness (QED) is 0.775. The van der Waals surface area contributed by atoms with Crippen LogP contribution in [-0.2, 0) is 31.5 Å². The molecule has 6 heteroatoms. The molecule has 2 aromatic heterocycles. The Bertz CT molecular complexity index is 1040. The van der Waals surface area contributed by atoms with E-state index >= 15 is 0 Å². The monoisotopic (exact) mass is 365 g/mol. The molecule has 27 heavy (non-hydrogen) atoms. The Kier molecular flexibility index (Phi) is 4.38. The highest BCUT2D eigenvalue weighted by Crippen LogP contribution is 2.22. The molecule has 6 nitrogen and oxygen atoms in total. The minimum absolute atomic E-state index is 0.00128. The molecule has 0 amide bonds. The summed E-state index contributed by atoms with van der Waals surface area (Å²) in [5.41, 5.74) is 3.79. The predicted octanol–water partition coefficient (Wildman–Crippen LogP) is 3.00. The zero-order valence-corrected chi connectivity index (χ0v) is 16.5. The minimum atomic E-state index is -0.155. The molecule has 1 aliphatic heterocycles. The molecule has 0 aliphatic carbocycles. The van der Waals surface area contributed by atoms with Crippen LogP contribution in [0.1, 0.15) is 50.6 Å². The van der Waals surface area contributed by atoms with E-state index in [0.29, 0.717) is 6.54 Å². The summed E-state index contributed by atoms with van der Waals surface area (Å²) in [5, 5.41) is 0. The zero-order valence-electron chi connectivity index (χ0n) is 16.5. The zero-order chi connectivity index (χ0) is 19.2. The van der Waals surface area contributed by atoms with Crippen LogP contribution in [-0.4, -0.2) is 31.0 Å². The van der Waals surface area contributed by atoms with E-state index in [1.165, 1.54) is 5.52 Å². The largest absolute Gasteiger partial charge is 0.327 e. The van der Waals surface area contributed by atoms with Gasteiger partial charge in [-0.05, 0) is 19.1 Å². The second-order valence-corrected chi connectivity index (χ2v) is 8.31. The Morgan fingerprint density at radius 2 is 1.96 bits per heavy atom. The van der Waals surface area contributed by atoms with E-state index in [4.69, 9.17) is 9.97 Å². The first kappa shape index (κ1) is 17.9. The van der Waals surface area contributed by atoms with Gasteiger partial charge in [0.05, 0.1) is 28.8 Å². The van der Waals surface area contributed by atoms with Crippen molar-refractivity contribution in [2.24, 2.45) is 0 Å². The Labute approximate surface area is 159 Å². The number of hydrogen-bond acceptors (Lipinski definition) is 4. The highest BCUT2D eigenvalue weighted by molar-refractivity contribution is 5.75. The second-order valence-electron chi connectivity index (χ2n) is 8.31. The van der Waals surface area contributed by atoms with Gasteiger partial charge in [-0.15, -0.1) is 0 Å². The number of nitrogens with one attached hydrogen (secondary N) is 1. The maximum absolute atomic E-state index is 12.7. The number of nitrogens with zero attached hydrogens (tertiary/aromatic N) is 4. The number of aromatic nitrogens is 4. The van der Waals surface area contributed by atoms with E-state index in [2.05, 4.69) is 60.3 Å². The Morgan fingerprint density at radius 3 is 2.70 bits per heavy atom. The van der Waals surface area contributed by atoms with Crippen LogP contribution in [0.2, 0.25) is 0 Å². The number of benzene rings is 1. The summed E-state index contributed by atoms with van der Waals surface area (Å²) in [5.74, 6) is 1.82. The standard InChI is InChI=1S/C21H27N5O/c1-5-26-17-9-7-6-8-16(17)22-18(26)13-25-11-10-15-14(12-25)19(27)24-20(23-15)21(2,3)4/h6-9H,5,10-13H2,1-4H3,(H,23,24,27). The summed E-state index contributed by atoms with van der Waals surface area (Å²) < 4.78 is 2.26. The van der Waals surface area contributed by atoms with Crippen LogP contribution in [0.25, 0.3) is 11.0 Å². The molecule has 0 saturated heterocycles. The smallest absolute Gasteiger partial charge is 0.255 e. The average molecular weight is 365 g/mol. The molecule has 0 atom stereocenters. The number of rotatable bonds is 3. The molecule has 0 fully saturated rings. The van der Waals surface area contributed by atoms with Crippen LogP contribution in [0.15, 0.2) is 29.1 Å². The molecule has 4 rings (SSSR count). The Balaban J connectivity index is 1.62. The first-order valence-corrected chi connectivity index (χ1v) is 9.66. The lowest BCUT2D eigenvalue weighted by Gasteiger charge is -2.28. The van der Waals surface area contributed by atoms with E-state index in [1.807, 2.05) is 6.07 Å². The van der Waals surface area contributed by atoms with Gasteiger partial charge >= 0.3 is 0 Å². The van der Waals surface area contributed by atoms with E-state index in [0.717, 1.165) is 54.5 Å². The van der Waals surface area contributed by atoms with E-state index < -0.39 is 0 Å². The summed E-state index contributed by atoms with van der Waals surface area (Å²) in [7, 11) is 0. The van der Waals surface area contributed by atoms with Crippen molar-refractivity contribution in [3.05, 3.63) is 57.5 Å².